The van der Waals surface area contributed by atoms with Crippen molar-refractivity contribution in [1.82, 2.24) is 4.90 Å². The summed E-state index contributed by atoms with van der Waals surface area (Å²) in [5.74, 6) is 0.579. The van der Waals surface area contributed by atoms with Crippen LogP contribution in [0.1, 0.15) is 35.1 Å². The number of anilines is 1. The average molecular weight is 373 g/mol. The number of hydrogen-bond acceptors (Lipinski definition) is 6. The summed E-state index contributed by atoms with van der Waals surface area (Å²) in [5, 5.41) is 12.9. The summed E-state index contributed by atoms with van der Waals surface area (Å²) >= 11 is 1.35. The zero-order valence-electron chi connectivity index (χ0n) is 14.4. The van der Waals surface area contributed by atoms with E-state index in [0.29, 0.717) is 43.1 Å². The Kier molecular flexibility index (Phi) is 5.58. The van der Waals surface area contributed by atoms with E-state index in [1.54, 1.807) is 24.2 Å². The van der Waals surface area contributed by atoms with Crippen molar-refractivity contribution in [2.24, 2.45) is 0 Å². The van der Waals surface area contributed by atoms with Crippen LogP contribution in [0, 0.1) is 11.3 Å². The minimum atomic E-state index is -0.353. The maximum Gasteiger partial charge on any atom is 0.410 e. The second kappa shape index (κ2) is 8.06. The van der Waals surface area contributed by atoms with Gasteiger partial charge in [0.25, 0.3) is 0 Å². The molecule has 0 atom stereocenters. The number of furan rings is 1. The molecule has 0 saturated heterocycles. The molecule has 136 valence electrons. The number of nitriles is 1. The third kappa shape index (κ3) is 3.89. The summed E-state index contributed by atoms with van der Waals surface area (Å²) in [6, 6.07) is 5.79. The number of fused-ring (bicyclic) bond motifs is 1. The Morgan fingerprint density at radius 3 is 3.04 bits per heavy atom. The van der Waals surface area contributed by atoms with E-state index in [1.165, 1.54) is 11.3 Å². The van der Waals surface area contributed by atoms with Gasteiger partial charge in [0, 0.05) is 24.3 Å². The number of hydrogen-bond donors (Lipinski definition) is 1. The van der Waals surface area contributed by atoms with Crippen LogP contribution in [0.15, 0.2) is 22.8 Å². The number of carbonyl (C=O) groups excluding carboxylic acids is 2. The lowest BCUT2D eigenvalue weighted by molar-refractivity contribution is -0.116. The first-order valence-corrected chi connectivity index (χ1v) is 9.22. The molecule has 7 nitrogen and oxygen atoms in total. The predicted molar refractivity (Wildman–Crippen MR) is 95.8 cm³/mol. The molecule has 1 aliphatic rings. The van der Waals surface area contributed by atoms with Crippen molar-refractivity contribution in [2.75, 3.05) is 18.5 Å². The lowest BCUT2D eigenvalue weighted by Crippen LogP contribution is -2.35. The van der Waals surface area contributed by atoms with Gasteiger partial charge in [0.2, 0.25) is 5.91 Å². The maximum absolute atomic E-state index is 12.2. The zero-order valence-corrected chi connectivity index (χ0v) is 15.2. The van der Waals surface area contributed by atoms with Crippen LogP contribution >= 0.6 is 11.3 Å². The van der Waals surface area contributed by atoms with Crippen LogP contribution in [0.3, 0.4) is 0 Å². The van der Waals surface area contributed by atoms with Gasteiger partial charge in [-0.2, -0.15) is 5.26 Å². The Morgan fingerprint density at radius 2 is 2.35 bits per heavy atom. The lowest BCUT2D eigenvalue weighted by atomic mass is 10.0. The molecular formula is C18H19N3O4S. The lowest BCUT2D eigenvalue weighted by Gasteiger charge is -2.25. The maximum atomic E-state index is 12.2. The van der Waals surface area contributed by atoms with E-state index < -0.39 is 0 Å². The van der Waals surface area contributed by atoms with Crippen molar-refractivity contribution in [3.05, 3.63) is 40.2 Å². The monoisotopic (exact) mass is 373 g/mol. The van der Waals surface area contributed by atoms with Crippen molar-refractivity contribution in [1.29, 1.82) is 5.26 Å². The van der Waals surface area contributed by atoms with Crippen LogP contribution in [0.4, 0.5) is 9.80 Å². The van der Waals surface area contributed by atoms with Gasteiger partial charge in [-0.05, 0) is 31.0 Å². The molecule has 0 fully saturated rings. The van der Waals surface area contributed by atoms with Gasteiger partial charge in [-0.3, -0.25) is 4.79 Å². The van der Waals surface area contributed by atoms with E-state index in [1.807, 2.05) is 6.07 Å². The third-order valence-electron chi connectivity index (χ3n) is 4.13. The standard InChI is InChI=1S/C18H19N3O4S/c1-2-24-18(23)21-8-7-13-14(10-19)17(26-15(13)11-21)20-16(22)6-5-12-4-3-9-25-12/h3-4,9H,2,5-8,11H2,1H3,(H,20,22). The highest BCUT2D eigenvalue weighted by Crippen LogP contribution is 2.36. The van der Waals surface area contributed by atoms with Crippen LogP contribution in [-0.4, -0.2) is 30.1 Å². The summed E-state index contributed by atoms with van der Waals surface area (Å²) in [6.07, 6.45) is 2.58. The van der Waals surface area contributed by atoms with Gasteiger partial charge >= 0.3 is 6.09 Å². The molecule has 1 aliphatic heterocycles. The number of aryl methyl sites for hydroxylation is 1. The van der Waals surface area contributed by atoms with Crippen LogP contribution in [0.5, 0.6) is 0 Å². The highest BCUT2D eigenvalue weighted by molar-refractivity contribution is 7.16. The fourth-order valence-corrected chi connectivity index (χ4v) is 4.09. The first-order valence-electron chi connectivity index (χ1n) is 8.41. The third-order valence-corrected chi connectivity index (χ3v) is 5.26. The number of nitrogens with one attached hydrogen (secondary N) is 1. The Balaban J connectivity index is 1.68. The molecule has 2 aromatic heterocycles. The van der Waals surface area contributed by atoms with Gasteiger partial charge in [-0.15, -0.1) is 11.3 Å². The second-order valence-electron chi connectivity index (χ2n) is 5.82. The van der Waals surface area contributed by atoms with Gasteiger partial charge in [-0.25, -0.2) is 4.79 Å². The highest BCUT2D eigenvalue weighted by atomic mass is 32.1. The Labute approximate surface area is 155 Å². The molecule has 0 saturated carbocycles. The van der Waals surface area contributed by atoms with Crippen molar-refractivity contribution >= 4 is 28.3 Å². The van der Waals surface area contributed by atoms with Crippen LogP contribution in [0.2, 0.25) is 0 Å². The molecule has 3 heterocycles. The number of carbonyl (C=O) groups is 2. The van der Waals surface area contributed by atoms with E-state index in [9.17, 15) is 14.9 Å². The number of ether oxygens (including phenoxy) is 1. The molecule has 0 aliphatic carbocycles. The first kappa shape index (κ1) is 18.0. The number of rotatable bonds is 5. The van der Waals surface area contributed by atoms with Crippen molar-refractivity contribution in [3.8, 4) is 6.07 Å². The summed E-state index contributed by atoms with van der Waals surface area (Å²) in [7, 11) is 0. The SMILES string of the molecule is CCOC(=O)N1CCc2c(sc(NC(=O)CCc3ccco3)c2C#N)C1. The largest absolute Gasteiger partial charge is 0.469 e. The molecule has 0 aromatic carbocycles. The van der Waals surface area contributed by atoms with Crippen LogP contribution < -0.4 is 5.32 Å². The Bertz CT molecular complexity index is 835. The van der Waals surface area contributed by atoms with Gasteiger partial charge in [0.1, 0.15) is 16.8 Å². The van der Waals surface area contributed by atoms with E-state index >= 15 is 0 Å². The van der Waals surface area contributed by atoms with E-state index in [0.717, 1.165) is 16.2 Å². The Hall–Kier alpha value is -2.79. The van der Waals surface area contributed by atoms with E-state index in [-0.39, 0.29) is 18.4 Å². The Morgan fingerprint density at radius 1 is 1.50 bits per heavy atom. The molecule has 3 rings (SSSR count). The number of thiophene rings is 1. The van der Waals surface area contributed by atoms with Crippen LogP contribution in [0.25, 0.3) is 0 Å². The highest BCUT2D eigenvalue weighted by Gasteiger charge is 2.28. The molecule has 0 bridgehead atoms. The molecule has 0 unspecified atom stereocenters. The van der Waals surface area contributed by atoms with Gasteiger partial charge in [-0.1, -0.05) is 0 Å². The first-order chi connectivity index (χ1) is 12.6. The van der Waals surface area contributed by atoms with E-state index in [4.69, 9.17) is 9.15 Å². The van der Waals surface area contributed by atoms with Crippen molar-refractivity contribution in [2.45, 2.75) is 32.7 Å². The molecule has 8 heteroatoms. The van der Waals surface area contributed by atoms with Gasteiger partial charge in [0.15, 0.2) is 0 Å². The van der Waals surface area contributed by atoms with Gasteiger partial charge in [0.05, 0.1) is 25.0 Å². The number of amides is 2. The molecule has 2 amide bonds. The molecular weight excluding hydrogens is 354 g/mol. The number of nitrogens with zero attached hydrogens (tertiary/aromatic N) is 2. The smallest absolute Gasteiger partial charge is 0.410 e. The molecule has 0 radical (unpaired) electrons. The average Bonchev–Trinajstić information content (AvgIpc) is 3.26. The summed E-state index contributed by atoms with van der Waals surface area (Å²) in [4.78, 5) is 26.7. The van der Waals surface area contributed by atoms with Crippen molar-refractivity contribution in [3.63, 3.8) is 0 Å². The fraction of sp³-hybridized carbons (Fsp3) is 0.389. The summed E-state index contributed by atoms with van der Waals surface area (Å²) in [5.41, 5.74) is 1.42. The molecule has 26 heavy (non-hydrogen) atoms. The van der Waals surface area contributed by atoms with Gasteiger partial charge < -0.3 is 19.4 Å². The summed E-state index contributed by atoms with van der Waals surface area (Å²) in [6.45, 7) is 2.99. The predicted octanol–water partition coefficient (Wildman–Crippen LogP) is 3.30. The summed E-state index contributed by atoms with van der Waals surface area (Å²) < 4.78 is 10.3. The van der Waals surface area contributed by atoms with Crippen molar-refractivity contribution < 1.29 is 18.7 Å². The minimum Gasteiger partial charge on any atom is -0.469 e. The van der Waals surface area contributed by atoms with E-state index in [2.05, 4.69) is 11.4 Å². The second-order valence-corrected chi connectivity index (χ2v) is 6.92. The zero-order chi connectivity index (χ0) is 18.5. The topological polar surface area (TPSA) is 95.6 Å². The molecule has 1 N–H and O–H groups in total. The molecule has 0 spiro atoms. The van der Waals surface area contributed by atoms with Crippen LogP contribution in [-0.2, 0) is 28.9 Å². The fourth-order valence-electron chi connectivity index (χ4n) is 2.86. The normalized spacial score (nSPS) is 13.0. The quantitative estimate of drug-likeness (QED) is 0.867. The molecule has 2 aromatic rings. The minimum absolute atomic E-state index is 0.168.